The molecule has 0 heterocycles. The van der Waals surface area contributed by atoms with E-state index in [-0.39, 0.29) is 24.2 Å². The van der Waals surface area contributed by atoms with Crippen molar-refractivity contribution >= 4 is 17.8 Å². The summed E-state index contributed by atoms with van der Waals surface area (Å²) in [6, 6.07) is -0.768. The van der Waals surface area contributed by atoms with Crippen LogP contribution < -0.4 is 10.6 Å². The second kappa shape index (κ2) is 6.72. The molecule has 2 fully saturated rings. The molecule has 20 heavy (non-hydrogen) atoms. The Balaban J connectivity index is 1.57. The molecule has 0 radical (unpaired) electrons. The summed E-state index contributed by atoms with van der Waals surface area (Å²) in [5.41, 5.74) is 0. The van der Waals surface area contributed by atoms with Crippen molar-refractivity contribution < 1.29 is 19.5 Å². The van der Waals surface area contributed by atoms with E-state index >= 15 is 0 Å². The highest BCUT2D eigenvalue weighted by molar-refractivity contribution is 5.83. The molecule has 0 aromatic rings. The van der Waals surface area contributed by atoms with Gasteiger partial charge in [0.1, 0.15) is 6.04 Å². The molecule has 0 aromatic carbocycles. The van der Waals surface area contributed by atoms with Gasteiger partial charge in [0.25, 0.3) is 0 Å². The van der Waals surface area contributed by atoms with Crippen LogP contribution in [0.25, 0.3) is 0 Å². The Bertz CT molecular complexity index is 389. The summed E-state index contributed by atoms with van der Waals surface area (Å²) < 4.78 is 0. The highest BCUT2D eigenvalue weighted by Gasteiger charge is 2.30. The third-order valence-corrected chi connectivity index (χ3v) is 3.73. The molecule has 2 saturated carbocycles. The van der Waals surface area contributed by atoms with Gasteiger partial charge in [0.15, 0.2) is 0 Å². The molecule has 2 rings (SSSR count). The number of carbonyl (C=O) groups is 3. The van der Waals surface area contributed by atoms with Gasteiger partial charge in [0, 0.05) is 18.9 Å². The fraction of sp³-hybridized carbons (Fsp3) is 0.786. The lowest BCUT2D eigenvalue weighted by molar-refractivity contribution is -0.142. The van der Waals surface area contributed by atoms with Gasteiger partial charge in [-0.3, -0.25) is 9.59 Å². The Kier molecular flexibility index (Phi) is 4.98. The first-order valence-electron chi connectivity index (χ1n) is 7.36. The van der Waals surface area contributed by atoms with Gasteiger partial charge in [0.05, 0.1) is 0 Å². The van der Waals surface area contributed by atoms with Crippen LogP contribution in [0.15, 0.2) is 0 Å². The van der Waals surface area contributed by atoms with Crippen LogP contribution in [0.4, 0.5) is 0 Å². The summed E-state index contributed by atoms with van der Waals surface area (Å²) in [5.74, 6) is -0.512. The van der Waals surface area contributed by atoms with Gasteiger partial charge < -0.3 is 15.7 Å². The SMILES string of the molecule is O=C(CCCNC(=O)C1CC1)NC(CC1CC1)C(=O)O. The van der Waals surface area contributed by atoms with Crippen LogP contribution in [0.5, 0.6) is 0 Å². The van der Waals surface area contributed by atoms with E-state index in [1.165, 1.54) is 0 Å². The second-order valence-electron chi connectivity index (χ2n) is 5.81. The number of carboxylic acid groups (broad SMARTS) is 1. The number of aliphatic carboxylic acids is 1. The third-order valence-electron chi connectivity index (χ3n) is 3.73. The quantitative estimate of drug-likeness (QED) is 0.541. The minimum Gasteiger partial charge on any atom is -0.480 e. The third kappa shape index (κ3) is 5.19. The highest BCUT2D eigenvalue weighted by atomic mass is 16.4. The summed E-state index contributed by atoms with van der Waals surface area (Å²) in [5, 5.41) is 14.4. The van der Waals surface area contributed by atoms with Crippen LogP contribution in [-0.4, -0.2) is 35.5 Å². The number of amides is 2. The zero-order valence-corrected chi connectivity index (χ0v) is 11.6. The summed E-state index contributed by atoms with van der Waals surface area (Å²) in [6.45, 7) is 0.475. The maximum atomic E-state index is 11.7. The van der Waals surface area contributed by atoms with Crippen LogP contribution in [-0.2, 0) is 14.4 Å². The number of nitrogens with one attached hydrogen (secondary N) is 2. The van der Waals surface area contributed by atoms with Crippen molar-refractivity contribution in [3.05, 3.63) is 0 Å². The highest BCUT2D eigenvalue weighted by Crippen LogP contribution is 2.33. The van der Waals surface area contributed by atoms with Gasteiger partial charge in [0.2, 0.25) is 11.8 Å². The standard InChI is InChI=1S/C14H22N2O4/c17-12(2-1-7-15-13(18)10-5-6-10)16-11(14(19)20)8-9-3-4-9/h9-11H,1-8H2,(H,15,18)(H,16,17)(H,19,20). The number of carboxylic acids is 1. The molecular formula is C14H22N2O4. The van der Waals surface area contributed by atoms with Crippen molar-refractivity contribution in [2.45, 2.75) is 51.0 Å². The number of hydrogen-bond acceptors (Lipinski definition) is 3. The van der Waals surface area contributed by atoms with Crippen LogP contribution >= 0.6 is 0 Å². The molecule has 0 aromatic heterocycles. The van der Waals surface area contributed by atoms with E-state index in [1.54, 1.807) is 0 Å². The average molecular weight is 282 g/mol. The zero-order valence-electron chi connectivity index (χ0n) is 11.6. The molecule has 6 nitrogen and oxygen atoms in total. The van der Waals surface area contributed by atoms with Gasteiger partial charge in [-0.05, 0) is 31.6 Å². The Hall–Kier alpha value is -1.59. The van der Waals surface area contributed by atoms with Crippen LogP contribution in [0.1, 0.15) is 44.9 Å². The Morgan fingerprint density at radius 1 is 1.15 bits per heavy atom. The molecule has 112 valence electrons. The minimum atomic E-state index is -0.965. The fourth-order valence-electron chi connectivity index (χ4n) is 2.13. The van der Waals surface area contributed by atoms with Gasteiger partial charge in [-0.25, -0.2) is 4.79 Å². The number of carbonyl (C=O) groups excluding carboxylic acids is 2. The summed E-state index contributed by atoms with van der Waals surface area (Å²) in [7, 11) is 0. The summed E-state index contributed by atoms with van der Waals surface area (Å²) in [4.78, 5) is 34.0. The zero-order chi connectivity index (χ0) is 14.5. The van der Waals surface area contributed by atoms with E-state index in [9.17, 15) is 14.4 Å². The van der Waals surface area contributed by atoms with Crippen molar-refractivity contribution in [2.75, 3.05) is 6.54 Å². The lowest BCUT2D eigenvalue weighted by atomic mass is 10.1. The first-order chi connectivity index (χ1) is 9.56. The smallest absolute Gasteiger partial charge is 0.326 e. The van der Waals surface area contributed by atoms with E-state index in [2.05, 4.69) is 10.6 Å². The first-order valence-corrected chi connectivity index (χ1v) is 7.36. The molecule has 6 heteroatoms. The van der Waals surface area contributed by atoms with Crippen LogP contribution in [0, 0.1) is 11.8 Å². The molecule has 2 aliphatic carbocycles. The number of hydrogen-bond donors (Lipinski definition) is 3. The molecule has 0 saturated heterocycles. The van der Waals surface area contributed by atoms with Crippen molar-refractivity contribution in [1.29, 1.82) is 0 Å². The first kappa shape index (κ1) is 14.8. The van der Waals surface area contributed by atoms with Crippen molar-refractivity contribution in [3.63, 3.8) is 0 Å². The predicted molar refractivity (Wildman–Crippen MR) is 71.9 cm³/mol. The maximum absolute atomic E-state index is 11.7. The molecular weight excluding hydrogens is 260 g/mol. The van der Waals surface area contributed by atoms with Crippen LogP contribution in [0.3, 0.4) is 0 Å². The average Bonchev–Trinajstić information content (AvgIpc) is 3.26. The number of rotatable bonds is 9. The maximum Gasteiger partial charge on any atom is 0.326 e. The fourth-order valence-corrected chi connectivity index (χ4v) is 2.13. The van der Waals surface area contributed by atoms with Gasteiger partial charge in [-0.2, -0.15) is 0 Å². The van der Waals surface area contributed by atoms with Gasteiger partial charge in [-0.15, -0.1) is 0 Å². The topological polar surface area (TPSA) is 95.5 Å². The van der Waals surface area contributed by atoms with Crippen molar-refractivity contribution in [1.82, 2.24) is 10.6 Å². The Morgan fingerprint density at radius 3 is 2.40 bits per heavy atom. The van der Waals surface area contributed by atoms with Gasteiger partial charge >= 0.3 is 5.97 Å². The molecule has 2 aliphatic rings. The monoisotopic (exact) mass is 282 g/mol. The van der Waals surface area contributed by atoms with Crippen molar-refractivity contribution in [3.8, 4) is 0 Å². The summed E-state index contributed by atoms with van der Waals surface area (Å²) >= 11 is 0. The van der Waals surface area contributed by atoms with E-state index in [0.717, 1.165) is 25.7 Å². The predicted octanol–water partition coefficient (Wildman–Crippen LogP) is 0.662. The normalized spacial score (nSPS) is 19.2. The lowest BCUT2D eigenvalue weighted by Crippen LogP contribution is -2.41. The van der Waals surface area contributed by atoms with Crippen LogP contribution in [0.2, 0.25) is 0 Å². The van der Waals surface area contributed by atoms with E-state index < -0.39 is 12.0 Å². The summed E-state index contributed by atoms with van der Waals surface area (Å²) in [6.07, 6.45) is 5.38. The molecule has 0 spiro atoms. The van der Waals surface area contributed by atoms with Crippen molar-refractivity contribution in [2.24, 2.45) is 11.8 Å². The van der Waals surface area contributed by atoms with E-state index in [0.29, 0.717) is 25.3 Å². The molecule has 1 atom stereocenters. The molecule has 1 unspecified atom stereocenters. The lowest BCUT2D eigenvalue weighted by Gasteiger charge is -2.14. The largest absolute Gasteiger partial charge is 0.480 e. The molecule has 0 bridgehead atoms. The Labute approximate surface area is 118 Å². The molecule has 2 amide bonds. The molecule has 0 aliphatic heterocycles. The molecule has 3 N–H and O–H groups in total. The second-order valence-corrected chi connectivity index (χ2v) is 5.81. The Morgan fingerprint density at radius 2 is 1.85 bits per heavy atom. The van der Waals surface area contributed by atoms with E-state index in [4.69, 9.17) is 5.11 Å². The minimum absolute atomic E-state index is 0.0718. The van der Waals surface area contributed by atoms with Gasteiger partial charge in [-0.1, -0.05) is 12.8 Å². The van der Waals surface area contributed by atoms with E-state index in [1.807, 2.05) is 0 Å².